The summed E-state index contributed by atoms with van der Waals surface area (Å²) in [6, 6.07) is 17.7. The van der Waals surface area contributed by atoms with Crippen molar-refractivity contribution < 1.29 is 4.74 Å². The van der Waals surface area contributed by atoms with Crippen molar-refractivity contribution in [1.82, 2.24) is 14.9 Å². The fraction of sp³-hybridized carbons (Fsp3) is 0.118. The number of H-pyrrole nitrogens is 1. The lowest BCUT2D eigenvalue weighted by Gasteiger charge is -2.02. The van der Waals surface area contributed by atoms with Crippen LogP contribution in [0.15, 0.2) is 59.7 Å². The van der Waals surface area contributed by atoms with Crippen LogP contribution in [0.2, 0.25) is 0 Å². The van der Waals surface area contributed by atoms with Crippen LogP contribution in [0.4, 0.5) is 0 Å². The van der Waals surface area contributed by atoms with E-state index in [2.05, 4.69) is 27.4 Å². The second kappa shape index (κ2) is 7.02. The molecular formula is C17H16N4OS. The molecule has 0 unspecified atom stereocenters. The second-order valence-corrected chi connectivity index (χ2v) is 5.32. The minimum Gasteiger partial charge on any atom is -0.497 e. The molecule has 0 saturated heterocycles. The first-order valence-corrected chi connectivity index (χ1v) is 7.56. The molecule has 116 valence electrons. The highest BCUT2D eigenvalue weighted by molar-refractivity contribution is 7.71. The van der Waals surface area contributed by atoms with Gasteiger partial charge in [-0.1, -0.05) is 30.3 Å². The first-order valence-electron chi connectivity index (χ1n) is 7.15. The van der Waals surface area contributed by atoms with Crippen molar-refractivity contribution in [3.63, 3.8) is 0 Å². The van der Waals surface area contributed by atoms with Crippen LogP contribution < -0.4 is 4.74 Å². The molecular weight excluding hydrogens is 308 g/mol. The number of hydrogen-bond donors (Lipinski definition) is 1. The van der Waals surface area contributed by atoms with Gasteiger partial charge in [-0.3, -0.25) is 5.10 Å². The van der Waals surface area contributed by atoms with Crippen LogP contribution in [0.1, 0.15) is 17.0 Å². The molecule has 0 fully saturated rings. The average Bonchev–Trinajstić information content (AvgIpc) is 2.94. The Morgan fingerprint density at radius 2 is 1.91 bits per heavy atom. The summed E-state index contributed by atoms with van der Waals surface area (Å²) in [6.45, 7) is 0. The molecule has 1 N–H and O–H groups in total. The Balaban J connectivity index is 1.83. The Morgan fingerprint density at radius 3 is 2.61 bits per heavy atom. The molecule has 1 aromatic heterocycles. The lowest BCUT2D eigenvalue weighted by atomic mass is 10.1. The molecule has 0 atom stereocenters. The van der Waals surface area contributed by atoms with Crippen molar-refractivity contribution in [2.45, 2.75) is 6.42 Å². The van der Waals surface area contributed by atoms with Gasteiger partial charge < -0.3 is 4.74 Å². The van der Waals surface area contributed by atoms with Gasteiger partial charge in [-0.15, -0.1) is 0 Å². The molecule has 3 rings (SSSR count). The predicted octanol–water partition coefficient (Wildman–Crippen LogP) is 3.42. The maximum Gasteiger partial charge on any atom is 0.216 e. The summed E-state index contributed by atoms with van der Waals surface area (Å²) in [5, 5.41) is 11.5. The van der Waals surface area contributed by atoms with Crippen molar-refractivity contribution >= 4 is 18.4 Å². The van der Waals surface area contributed by atoms with Gasteiger partial charge in [0.05, 0.1) is 13.3 Å². The molecule has 23 heavy (non-hydrogen) atoms. The Kier molecular flexibility index (Phi) is 4.63. The Labute approximate surface area is 139 Å². The Bertz CT molecular complexity index is 850. The normalized spacial score (nSPS) is 11.0. The summed E-state index contributed by atoms with van der Waals surface area (Å²) in [6.07, 6.45) is 2.41. The van der Waals surface area contributed by atoms with Gasteiger partial charge in [0.1, 0.15) is 5.75 Å². The summed E-state index contributed by atoms with van der Waals surface area (Å²) in [7, 11) is 1.64. The van der Waals surface area contributed by atoms with Crippen LogP contribution in [0.25, 0.3) is 0 Å². The van der Waals surface area contributed by atoms with Gasteiger partial charge in [0, 0.05) is 6.42 Å². The van der Waals surface area contributed by atoms with E-state index < -0.39 is 0 Å². The molecule has 0 spiro atoms. The van der Waals surface area contributed by atoms with Gasteiger partial charge in [-0.2, -0.15) is 14.9 Å². The number of aromatic nitrogens is 3. The van der Waals surface area contributed by atoms with E-state index in [1.165, 1.54) is 0 Å². The third-order valence-corrected chi connectivity index (χ3v) is 3.62. The molecule has 5 nitrogen and oxygen atoms in total. The number of hydrogen-bond acceptors (Lipinski definition) is 4. The van der Waals surface area contributed by atoms with Gasteiger partial charge in [-0.05, 0) is 47.6 Å². The highest BCUT2D eigenvalue weighted by atomic mass is 32.1. The maximum absolute atomic E-state index is 5.26. The summed E-state index contributed by atoms with van der Waals surface area (Å²) < 4.78 is 7.26. The number of nitrogens with zero attached hydrogens (tertiary/aromatic N) is 3. The number of rotatable bonds is 5. The molecule has 0 aliphatic carbocycles. The third kappa shape index (κ3) is 3.73. The standard InChI is InChI=1S/C17H16N4OS/c1-22-15-9-7-14(8-10-15)12-18-21-16(19-20-17(21)23)11-13-5-3-2-4-6-13/h2-10,12H,11H2,1H3,(H,20,23)/b18-12-. The van der Waals surface area contributed by atoms with Crippen LogP contribution in [0.5, 0.6) is 5.75 Å². The van der Waals surface area contributed by atoms with Gasteiger partial charge in [0.2, 0.25) is 4.77 Å². The van der Waals surface area contributed by atoms with E-state index in [9.17, 15) is 0 Å². The quantitative estimate of drug-likeness (QED) is 0.578. The molecule has 2 aromatic carbocycles. The van der Waals surface area contributed by atoms with E-state index in [1.807, 2.05) is 42.5 Å². The van der Waals surface area contributed by atoms with Gasteiger partial charge >= 0.3 is 0 Å². The van der Waals surface area contributed by atoms with Crippen LogP contribution in [-0.2, 0) is 6.42 Å². The topological polar surface area (TPSA) is 55.2 Å². The molecule has 6 heteroatoms. The number of ether oxygens (including phenoxy) is 1. The monoisotopic (exact) mass is 324 g/mol. The van der Waals surface area contributed by atoms with Gasteiger partial charge in [0.15, 0.2) is 5.82 Å². The van der Waals surface area contributed by atoms with Crippen molar-refractivity contribution in [2.75, 3.05) is 7.11 Å². The maximum atomic E-state index is 5.26. The van der Waals surface area contributed by atoms with Crippen LogP contribution in [0.3, 0.4) is 0 Å². The van der Waals surface area contributed by atoms with Crippen molar-refractivity contribution in [1.29, 1.82) is 0 Å². The molecule has 0 amide bonds. The zero-order valence-electron chi connectivity index (χ0n) is 12.6. The highest BCUT2D eigenvalue weighted by Gasteiger charge is 2.05. The van der Waals surface area contributed by atoms with Crippen LogP contribution in [0, 0.1) is 4.77 Å². The number of nitrogens with one attached hydrogen (secondary N) is 1. The molecule has 0 aliphatic rings. The van der Waals surface area contributed by atoms with Gasteiger partial charge in [-0.25, -0.2) is 0 Å². The minimum atomic E-state index is 0.473. The fourth-order valence-corrected chi connectivity index (χ4v) is 2.35. The second-order valence-electron chi connectivity index (χ2n) is 4.94. The highest BCUT2D eigenvalue weighted by Crippen LogP contribution is 2.11. The zero-order chi connectivity index (χ0) is 16.1. The lowest BCUT2D eigenvalue weighted by Crippen LogP contribution is -2.00. The average molecular weight is 324 g/mol. The van der Waals surface area contributed by atoms with Crippen molar-refractivity contribution in [3.05, 3.63) is 76.3 Å². The van der Waals surface area contributed by atoms with E-state index in [0.717, 1.165) is 22.7 Å². The van der Waals surface area contributed by atoms with E-state index in [1.54, 1.807) is 18.0 Å². The number of benzene rings is 2. The summed E-state index contributed by atoms with van der Waals surface area (Å²) in [5.41, 5.74) is 2.11. The lowest BCUT2D eigenvalue weighted by molar-refractivity contribution is 0.415. The molecule has 3 aromatic rings. The van der Waals surface area contributed by atoms with Crippen molar-refractivity contribution in [2.24, 2.45) is 5.10 Å². The SMILES string of the molecule is COc1ccc(/C=N\n2c(Cc3ccccc3)n[nH]c2=S)cc1. The first kappa shape index (κ1) is 15.2. The molecule has 0 bridgehead atoms. The minimum absolute atomic E-state index is 0.473. The van der Waals surface area contributed by atoms with E-state index in [0.29, 0.717) is 11.2 Å². The van der Waals surface area contributed by atoms with Crippen LogP contribution in [-0.4, -0.2) is 28.2 Å². The summed E-state index contributed by atoms with van der Waals surface area (Å²) in [5.74, 6) is 1.58. The smallest absolute Gasteiger partial charge is 0.216 e. The summed E-state index contributed by atoms with van der Waals surface area (Å²) in [4.78, 5) is 0. The van der Waals surface area contributed by atoms with E-state index in [4.69, 9.17) is 17.0 Å². The third-order valence-electron chi connectivity index (χ3n) is 3.36. The molecule has 0 aliphatic heterocycles. The largest absolute Gasteiger partial charge is 0.497 e. The first-order chi connectivity index (χ1) is 11.3. The molecule has 0 radical (unpaired) electrons. The van der Waals surface area contributed by atoms with Crippen molar-refractivity contribution in [3.8, 4) is 5.75 Å². The Hall–Kier alpha value is -2.73. The fourth-order valence-electron chi connectivity index (χ4n) is 2.15. The molecule has 0 saturated carbocycles. The van der Waals surface area contributed by atoms with Gasteiger partial charge in [0.25, 0.3) is 0 Å². The number of aromatic amines is 1. The number of methoxy groups -OCH3 is 1. The Morgan fingerprint density at radius 1 is 1.17 bits per heavy atom. The van der Waals surface area contributed by atoms with E-state index >= 15 is 0 Å². The zero-order valence-corrected chi connectivity index (χ0v) is 13.5. The van der Waals surface area contributed by atoms with Crippen LogP contribution >= 0.6 is 12.2 Å². The predicted molar refractivity (Wildman–Crippen MR) is 92.6 cm³/mol. The van der Waals surface area contributed by atoms with E-state index in [-0.39, 0.29) is 0 Å². The molecule has 1 heterocycles. The summed E-state index contributed by atoms with van der Waals surface area (Å²) >= 11 is 5.26.